The lowest BCUT2D eigenvalue weighted by molar-refractivity contribution is 0.393. The van der Waals surface area contributed by atoms with Gasteiger partial charge in [0.05, 0.1) is 16.3 Å². The number of benzene rings is 2. The van der Waals surface area contributed by atoms with Crippen LogP contribution in [0, 0.1) is 20.8 Å². The standard InChI is InChI=1S/C20H22N2O3S/c1-5-16-8-6-7-13(2)20(16)22-26(23,24)18-11-9-17(10-12-18)19-14(3)21-25-15(19)4/h6-12,22H,5H2,1-4H3. The lowest BCUT2D eigenvalue weighted by atomic mass is 10.0. The van der Waals surface area contributed by atoms with Gasteiger partial charge in [0.2, 0.25) is 0 Å². The first kappa shape index (κ1) is 18.2. The van der Waals surface area contributed by atoms with E-state index in [1.807, 2.05) is 45.9 Å². The Morgan fingerprint density at radius 2 is 1.73 bits per heavy atom. The molecule has 0 aliphatic rings. The van der Waals surface area contributed by atoms with Gasteiger partial charge in [-0.15, -0.1) is 0 Å². The van der Waals surface area contributed by atoms with Crippen LogP contribution in [0.25, 0.3) is 11.1 Å². The van der Waals surface area contributed by atoms with Gasteiger partial charge in [-0.3, -0.25) is 4.72 Å². The zero-order valence-electron chi connectivity index (χ0n) is 15.3. The number of nitrogens with zero attached hydrogens (tertiary/aromatic N) is 1. The van der Waals surface area contributed by atoms with Crippen molar-refractivity contribution in [2.24, 2.45) is 0 Å². The lowest BCUT2D eigenvalue weighted by Gasteiger charge is -2.14. The van der Waals surface area contributed by atoms with Crippen molar-refractivity contribution in [3.05, 3.63) is 65.0 Å². The molecule has 0 aliphatic carbocycles. The number of nitrogens with one attached hydrogen (secondary N) is 1. The molecule has 0 unspecified atom stereocenters. The van der Waals surface area contributed by atoms with Crippen LogP contribution in [-0.4, -0.2) is 13.6 Å². The summed E-state index contributed by atoms with van der Waals surface area (Å²) in [7, 11) is -3.66. The second-order valence-corrected chi connectivity index (χ2v) is 7.97. The number of sulfonamides is 1. The Labute approximate surface area is 154 Å². The average Bonchev–Trinajstić information content (AvgIpc) is 2.95. The number of aromatic nitrogens is 1. The number of hydrogen-bond acceptors (Lipinski definition) is 4. The van der Waals surface area contributed by atoms with E-state index in [1.165, 1.54) is 0 Å². The van der Waals surface area contributed by atoms with Gasteiger partial charge in [0.25, 0.3) is 10.0 Å². The average molecular weight is 370 g/mol. The van der Waals surface area contributed by atoms with E-state index in [1.54, 1.807) is 24.3 Å². The van der Waals surface area contributed by atoms with Crippen LogP contribution in [0.15, 0.2) is 51.9 Å². The Morgan fingerprint density at radius 1 is 1.04 bits per heavy atom. The van der Waals surface area contributed by atoms with E-state index in [0.717, 1.165) is 34.4 Å². The van der Waals surface area contributed by atoms with Crippen molar-refractivity contribution < 1.29 is 12.9 Å². The quantitative estimate of drug-likeness (QED) is 0.711. The third-order valence-electron chi connectivity index (χ3n) is 4.46. The lowest BCUT2D eigenvalue weighted by Crippen LogP contribution is -2.15. The summed E-state index contributed by atoms with van der Waals surface area (Å²) in [5, 5.41) is 3.94. The van der Waals surface area contributed by atoms with Gasteiger partial charge in [0.1, 0.15) is 5.76 Å². The van der Waals surface area contributed by atoms with Gasteiger partial charge in [-0.2, -0.15) is 0 Å². The Kier molecular flexibility index (Phi) is 4.87. The molecule has 0 fully saturated rings. The molecule has 1 heterocycles. The molecule has 0 radical (unpaired) electrons. The number of aryl methyl sites for hydroxylation is 4. The monoisotopic (exact) mass is 370 g/mol. The number of anilines is 1. The second-order valence-electron chi connectivity index (χ2n) is 6.29. The molecule has 0 aliphatic heterocycles. The molecular formula is C20H22N2O3S. The zero-order chi connectivity index (χ0) is 18.9. The Morgan fingerprint density at radius 3 is 2.31 bits per heavy atom. The molecule has 26 heavy (non-hydrogen) atoms. The highest BCUT2D eigenvalue weighted by Crippen LogP contribution is 2.29. The first-order chi connectivity index (χ1) is 12.3. The highest BCUT2D eigenvalue weighted by atomic mass is 32.2. The van der Waals surface area contributed by atoms with Crippen LogP contribution in [0.4, 0.5) is 5.69 Å². The fraction of sp³-hybridized carbons (Fsp3) is 0.250. The smallest absolute Gasteiger partial charge is 0.261 e. The minimum Gasteiger partial charge on any atom is -0.361 e. The van der Waals surface area contributed by atoms with E-state index in [-0.39, 0.29) is 4.90 Å². The van der Waals surface area contributed by atoms with Crippen molar-refractivity contribution >= 4 is 15.7 Å². The summed E-state index contributed by atoms with van der Waals surface area (Å²) >= 11 is 0. The molecule has 3 rings (SSSR count). The van der Waals surface area contributed by atoms with E-state index >= 15 is 0 Å². The van der Waals surface area contributed by atoms with Crippen molar-refractivity contribution in [1.29, 1.82) is 0 Å². The number of rotatable bonds is 5. The maximum Gasteiger partial charge on any atom is 0.261 e. The fourth-order valence-electron chi connectivity index (χ4n) is 3.06. The minimum absolute atomic E-state index is 0.221. The van der Waals surface area contributed by atoms with Gasteiger partial charge in [0, 0.05) is 5.56 Å². The molecule has 5 nitrogen and oxygen atoms in total. The van der Waals surface area contributed by atoms with Gasteiger partial charge in [-0.25, -0.2) is 8.42 Å². The molecule has 1 N–H and O–H groups in total. The first-order valence-electron chi connectivity index (χ1n) is 8.48. The molecule has 136 valence electrons. The van der Waals surface area contributed by atoms with Crippen LogP contribution in [0.2, 0.25) is 0 Å². The largest absolute Gasteiger partial charge is 0.361 e. The maximum absolute atomic E-state index is 12.8. The number of para-hydroxylation sites is 1. The molecular weight excluding hydrogens is 348 g/mol. The van der Waals surface area contributed by atoms with Crippen molar-refractivity contribution in [3.63, 3.8) is 0 Å². The van der Waals surface area contributed by atoms with Crippen LogP contribution < -0.4 is 4.72 Å². The van der Waals surface area contributed by atoms with E-state index in [0.29, 0.717) is 11.4 Å². The van der Waals surface area contributed by atoms with Crippen LogP contribution in [0.1, 0.15) is 29.5 Å². The van der Waals surface area contributed by atoms with Gasteiger partial charge in [0.15, 0.2) is 0 Å². The molecule has 6 heteroatoms. The van der Waals surface area contributed by atoms with Crippen molar-refractivity contribution in [1.82, 2.24) is 5.16 Å². The van der Waals surface area contributed by atoms with Gasteiger partial charge >= 0.3 is 0 Å². The van der Waals surface area contributed by atoms with Crippen LogP contribution in [0.3, 0.4) is 0 Å². The molecule has 0 bridgehead atoms. The molecule has 2 aromatic carbocycles. The van der Waals surface area contributed by atoms with Gasteiger partial charge < -0.3 is 4.52 Å². The van der Waals surface area contributed by atoms with Crippen LogP contribution in [-0.2, 0) is 16.4 Å². The van der Waals surface area contributed by atoms with Crippen molar-refractivity contribution in [2.75, 3.05) is 4.72 Å². The topological polar surface area (TPSA) is 72.2 Å². The summed E-state index contributed by atoms with van der Waals surface area (Å²) in [5.74, 6) is 0.712. The highest BCUT2D eigenvalue weighted by molar-refractivity contribution is 7.92. The SMILES string of the molecule is CCc1cccc(C)c1NS(=O)(=O)c1ccc(-c2c(C)noc2C)cc1. The molecule has 0 spiro atoms. The third kappa shape index (κ3) is 3.37. The molecule has 1 aromatic heterocycles. The highest BCUT2D eigenvalue weighted by Gasteiger charge is 2.18. The summed E-state index contributed by atoms with van der Waals surface area (Å²) in [6.45, 7) is 7.61. The predicted molar refractivity (Wildman–Crippen MR) is 103 cm³/mol. The summed E-state index contributed by atoms with van der Waals surface area (Å²) in [5.41, 5.74) is 5.09. The van der Waals surface area contributed by atoms with E-state index < -0.39 is 10.0 Å². The summed E-state index contributed by atoms with van der Waals surface area (Å²) < 4.78 is 33.5. The first-order valence-corrected chi connectivity index (χ1v) is 9.96. The molecule has 0 saturated carbocycles. The van der Waals surface area contributed by atoms with Crippen LogP contribution in [0.5, 0.6) is 0 Å². The van der Waals surface area contributed by atoms with E-state index in [2.05, 4.69) is 9.88 Å². The van der Waals surface area contributed by atoms with Crippen molar-refractivity contribution in [2.45, 2.75) is 39.0 Å². The Balaban J connectivity index is 1.94. The zero-order valence-corrected chi connectivity index (χ0v) is 16.1. The van der Waals surface area contributed by atoms with Crippen molar-refractivity contribution in [3.8, 4) is 11.1 Å². The minimum atomic E-state index is -3.66. The maximum atomic E-state index is 12.8. The Hall–Kier alpha value is -2.60. The summed E-state index contributed by atoms with van der Waals surface area (Å²) in [4.78, 5) is 0.221. The molecule has 0 atom stereocenters. The predicted octanol–water partition coefficient (Wildman–Crippen LogP) is 4.63. The second kappa shape index (κ2) is 6.96. The number of hydrogen-bond donors (Lipinski definition) is 1. The van der Waals surface area contributed by atoms with E-state index in [9.17, 15) is 8.42 Å². The molecule has 3 aromatic rings. The van der Waals surface area contributed by atoms with Crippen LogP contribution >= 0.6 is 0 Å². The summed E-state index contributed by atoms with van der Waals surface area (Å²) in [6, 6.07) is 12.5. The summed E-state index contributed by atoms with van der Waals surface area (Å²) in [6.07, 6.45) is 0.754. The molecule has 0 amide bonds. The normalized spacial score (nSPS) is 11.5. The molecule has 0 saturated heterocycles. The third-order valence-corrected chi connectivity index (χ3v) is 5.83. The van der Waals surface area contributed by atoms with Gasteiger partial charge in [-0.1, -0.05) is 42.4 Å². The Bertz CT molecular complexity index is 1020. The fourth-order valence-corrected chi connectivity index (χ4v) is 4.23. The van der Waals surface area contributed by atoms with Gasteiger partial charge in [-0.05, 0) is 56.0 Å². The van der Waals surface area contributed by atoms with E-state index in [4.69, 9.17) is 4.52 Å².